The van der Waals surface area contributed by atoms with E-state index in [0.29, 0.717) is 11.4 Å². The SMILES string of the molecule is Nc1nc(N)nc(-c2ccccc2)n1.O=C(O)c1ccccc1. The molecule has 0 aliphatic rings. The number of hydrogen-bond donors (Lipinski definition) is 3. The van der Waals surface area contributed by atoms with Gasteiger partial charge in [0.2, 0.25) is 11.9 Å². The lowest BCUT2D eigenvalue weighted by Crippen LogP contribution is -2.04. The molecular formula is C16H15N5O2. The fourth-order valence-electron chi connectivity index (χ4n) is 1.71. The summed E-state index contributed by atoms with van der Waals surface area (Å²) < 4.78 is 0. The summed E-state index contributed by atoms with van der Waals surface area (Å²) in [5.41, 5.74) is 12.1. The largest absolute Gasteiger partial charge is 0.478 e. The van der Waals surface area contributed by atoms with Crippen LogP contribution in [0.25, 0.3) is 11.4 Å². The maximum absolute atomic E-state index is 10.2. The third kappa shape index (κ3) is 4.78. The molecule has 0 saturated carbocycles. The zero-order chi connectivity index (χ0) is 16.7. The van der Waals surface area contributed by atoms with Gasteiger partial charge < -0.3 is 16.6 Å². The standard InChI is InChI=1S/C9H9N5.C7H6O2/c10-8-12-7(13-9(11)14-8)6-4-2-1-3-5-6;8-7(9)6-4-2-1-3-5-6/h1-5H,(H4,10,11,12,13,14);1-5H,(H,8,9). The molecule has 5 N–H and O–H groups in total. The number of aromatic carboxylic acids is 1. The fourth-order valence-corrected chi connectivity index (χ4v) is 1.71. The third-order valence-corrected chi connectivity index (χ3v) is 2.72. The van der Waals surface area contributed by atoms with E-state index in [9.17, 15) is 4.79 Å². The Morgan fingerprint density at radius 3 is 1.70 bits per heavy atom. The first-order chi connectivity index (χ1) is 11.1. The predicted octanol–water partition coefficient (Wildman–Crippen LogP) is 2.09. The molecule has 0 unspecified atom stereocenters. The summed E-state index contributed by atoms with van der Waals surface area (Å²) >= 11 is 0. The van der Waals surface area contributed by atoms with E-state index in [4.69, 9.17) is 16.6 Å². The quantitative estimate of drug-likeness (QED) is 0.661. The number of nitrogens with zero attached hydrogens (tertiary/aromatic N) is 3. The minimum atomic E-state index is -0.879. The van der Waals surface area contributed by atoms with E-state index in [-0.39, 0.29) is 11.9 Å². The predicted molar refractivity (Wildman–Crippen MR) is 87.5 cm³/mol. The van der Waals surface area contributed by atoms with Crippen molar-refractivity contribution in [3.63, 3.8) is 0 Å². The molecule has 0 atom stereocenters. The van der Waals surface area contributed by atoms with Crippen molar-refractivity contribution in [3.05, 3.63) is 66.2 Å². The van der Waals surface area contributed by atoms with Gasteiger partial charge in [-0.05, 0) is 12.1 Å². The first-order valence-corrected chi connectivity index (χ1v) is 6.67. The topological polar surface area (TPSA) is 128 Å². The van der Waals surface area contributed by atoms with Gasteiger partial charge in [0.05, 0.1) is 5.56 Å². The second kappa shape index (κ2) is 7.51. The lowest BCUT2D eigenvalue weighted by atomic mass is 10.2. The molecule has 0 amide bonds. The molecule has 3 aromatic rings. The molecule has 1 heterocycles. The molecule has 0 spiro atoms. The molecule has 1 aromatic heterocycles. The van der Waals surface area contributed by atoms with E-state index in [0.717, 1.165) is 5.56 Å². The number of carboxylic acids is 1. The van der Waals surface area contributed by atoms with Gasteiger partial charge in [0.15, 0.2) is 5.82 Å². The van der Waals surface area contributed by atoms with Gasteiger partial charge in [-0.3, -0.25) is 0 Å². The van der Waals surface area contributed by atoms with Crippen LogP contribution in [0.2, 0.25) is 0 Å². The molecule has 0 aliphatic carbocycles. The maximum Gasteiger partial charge on any atom is 0.335 e. The molecule has 23 heavy (non-hydrogen) atoms. The Morgan fingerprint density at radius 1 is 0.783 bits per heavy atom. The van der Waals surface area contributed by atoms with Crippen molar-refractivity contribution >= 4 is 17.9 Å². The highest BCUT2D eigenvalue weighted by atomic mass is 16.4. The van der Waals surface area contributed by atoms with Crippen LogP contribution in [0.4, 0.5) is 11.9 Å². The molecule has 116 valence electrons. The smallest absolute Gasteiger partial charge is 0.335 e. The summed E-state index contributed by atoms with van der Waals surface area (Å²) in [5, 5.41) is 8.38. The van der Waals surface area contributed by atoms with Crippen LogP contribution in [0.1, 0.15) is 10.4 Å². The molecule has 2 aromatic carbocycles. The van der Waals surface area contributed by atoms with E-state index in [1.807, 2.05) is 30.3 Å². The summed E-state index contributed by atoms with van der Waals surface area (Å²) in [6, 6.07) is 17.8. The van der Waals surface area contributed by atoms with Crippen molar-refractivity contribution in [1.82, 2.24) is 15.0 Å². The maximum atomic E-state index is 10.2. The van der Waals surface area contributed by atoms with E-state index < -0.39 is 5.97 Å². The van der Waals surface area contributed by atoms with Gasteiger partial charge in [-0.25, -0.2) is 4.79 Å². The number of nitrogen functional groups attached to an aromatic ring is 2. The van der Waals surface area contributed by atoms with Gasteiger partial charge in [-0.2, -0.15) is 15.0 Å². The number of rotatable bonds is 2. The Balaban J connectivity index is 0.000000185. The van der Waals surface area contributed by atoms with Crippen molar-refractivity contribution in [2.45, 2.75) is 0 Å². The second-order valence-electron chi connectivity index (χ2n) is 4.41. The average Bonchev–Trinajstić information content (AvgIpc) is 2.56. The van der Waals surface area contributed by atoms with Crippen molar-refractivity contribution in [3.8, 4) is 11.4 Å². The van der Waals surface area contributed by atoms with Crippen molar-refractivity contribution in [2.75, 3.05) is 11.5 Å². The lowest BCUT2D eigenvalue weighted by Gasteiger charge is -2.00. The first-order valence-electron chi connectivity index (χ1n) is 6.67. The highest BCUT2D eigenvalue weighted by Gasteiger charge is 2.03. The normalized spacial score (nSPS) is 9.57. The number of hydrogen-bond acceptors (Lipinski definition) is 6. The Kier molecular flexibility index (Phi) is 5.19. The van der Waals surface area contributed by atoms with Crippen LogP contribution in [0.15, 0.2) is 60.7 Å². The molecular weight excluding hydrogens is 294 g/mol. The van der Waals surface area contributed by atoms with Gasteiger partial charge >= 0.3 is 5.97 Å². The van der Waals surface area contributed by atoms with Crippen molar-refractivity contribution in [2.24, 2.45) is 0 Å². The Hall–Kier alpha value is -3.48. The van der Waals surface area contributed by atoms with Crippen LogP contribution < -0.4 is 11.5 Å². The third-order valence-electron chi connectivity index (χ3n) is 2.72. The minimum absolute atomic E-state index is 0.136. The molecule has 0 fully saturated rings. The van der Waals surface area contributed by atoms with E-state index in [1.165, 1.54) is 0 Å². The van der Waals surface area contributed by atoms with E-state index >= 15 is 0 Å². The van der Waals surface area contributed by atoms with Crippen molar-refractivity contribution < 1.29 is 9.90 Å². The minimum Gasteiger partial charge on any atom is -0.478 e. The molecule has 0 saturated heterocycles. The number of nitrogens with two attached hydrogens (primary N) is 2. The molecule has 3 rings (SSSR count). The summed E-state index contributed by atoms with van der Waals surface area (Å²) in [4.78, 5) is 21.9. The average molecular weight is 309 g/mol. The molecule has 0 aliphatic heterocycles. The van der Waals surface area contributed by atoms with Gasteiger partial charge in [-0.15, -0.1) is 0 Å². The first kappa shape index (κ1) is 15.9. The highest BCUT2D eigenvalue weighted by molar-refractivity contribution is 5.87. The van der Waals surface area contributed by atoms with Crippen LogP contribution >= 0.6 is 0 Å². The van der Waals surface area contributed by atoms with Gasteiger partial charge in [-0.1, -0.05) is 48.5 Å². The number of carbonyl (C=O) groups is 1. The number of aromatic nitrogens is 3. The Labute approximate surface area is 132 Å². The van der Waals surface area contributed by atoms with E-state index in [2.05, 4.69) is 15.0 Å². The Bertz CT molecular complexity index is 759. The molecule has 0 radical (unpaired) electrons. The van der Waals surface area contributed by atoms with E-state index in [1.54, 1.807) is 30.3 Å². The van der Waals surface area contributed by atoms with Crippen molar-refractivity contribution in [1.29, 1.82) is 0 Å². The molecule has 7 heteroatoms. The summed E-state index contributed by atoms with van der Waals surface area (Å²) in [5.74, 6) is -0.112. The zero-order valence-corrected chi connectivity index (χ0v) is 12.1. The summed E-state index contributed by atoms with van der Waals surface area (Å²) in [6.07, 6.45) is 0. The lowest BCUT2D eigenvalue weighted by molar-refractivity contribution is 0.0697. The monoisotopic (exact) mass is 309 g/mol. The van der Waals surface area contributed by atoms with Gasteiger partial charge in [0.1, 0.15) is 0 Å². The molecule has 7 nitrogen and oxygen atoms in total. The van der Waals surface area contributed by atoms with Gasteiger partial charge in [0.25, 0.3) is 0 Å². The van der Waals surface area contributed by atoms with Crippen LogP contribution in [0.5, 0.6) is 0 Å². The summed E-state index contributed by atoms with van der Waals surface area (Å²) in [7, 11) is 0. The Morgan fingerprint density at radius 2 is 1.26 bits per heavy atom. The van der Waals surface area contributed by atoms with Gasteiger partial charge in [0, 0.05) is 5.56 Å². The second-order valence-corrected chi connectivity index (χ2v) is 4.41. The van der Waals surface area contributed by atoms with Crippen LogP contribution in [-0.2, 0) is 0 Å². The van der Waals surface area contributed by atoms with Crippen LogP contribution in [-0.4, -0.2) is 26.0 Å². The van der Waals surface area contributed by atoms with Crippen LogP contribution in [0.3, 0.4) is 0 Å². The number of benzene rings is 2. The highest BCUT2D eigenvalue weighted by Crippen LogP contribution is 2.14. The fraction of sp³-hybridized carbons (Fsp3) is 0. The number of anilines is 2. The zero-order valence-electron chi connectivity index (χ0n) is 12.1. The molecule has 0 bridgehead atoms. The number of carboxylic acid groups (broad SMARTS) is 1. The summed E-state index contributed by atoms with van der Waals surface area (Å²) in [6.45, 7) is 0. The van der Waals surface area contributed by atoms with Crippen LogP contribution in [0, 0.1) is 0 Å².